The molecule has 3 unspecified atom stereocenters. The molecule has 0 bridgehead atoms. The van der Waals surface area contributed by atoms with Gasteiger partial charge in [-0.25, -0.2) is 18.3 Å². The van der Waals surface area contributed by atoms with Crippen LogP contribution in [0.2, 0.25) is 0 Å². The van der Waals surface area contributed by atoms with Crippen molar-refractivity contribution in [2.75, 3.05) is 48.1 Å². The number of benzene rings is 6. The van der Waals surface area contributed by atoms with Gasteiger partial charge in [-0.1, -0.05) is 347 Å². The predicted molar refractivity (Wildman–Crippen MR) is 473 cm³/mol. The minimum atomic E-state index is -5.28. The average Bonchev–Trinajstić information content (AvgIpc) is 0.741. The second kappa shape index (κ2) is 61.8. The molecule has 0 heterocycles. The molecule has 6 aromatic carbocycles. The third-order valence-corrected chi connectivity index (χ3v) is 25.3. The number of rotatable bonds is 69. The molecule has 24 nitrogen and oxygen atoms in total. The molecule has 6 aromatic rings. The summed E-state index contributed by atoms with van der Waals surface area (Å²) in [6.07, 6.45) is 28.2. The van der Waals surface area contributed by atoms with Crippen molar-refractivity contribution in [3.05, 3.63) is 264 Å². The van der Waals surface area contributed by atoms with E-state index in [0.29, 0.717) is 59.1 Å². The SMILES string of the molecule is CCCCC/C=C\C/C=C\C/C=C\C/C=C\CCCC(=O)O[C@H](COC(=O)CCCCCCCCCCCCCCCCC)COP(=O)(OC)OC1[C@H](OCOC)[C@H](OP(=O)(OCc2ccccc2)OCc2ccccc2)C(OP(=O)(OCc2ccccc2)OCc2ccccc2)[C@H](OP(=O)(OCc2ccccc2)OCc2ccccc2)[C@H]1OCOC. The zero-order valence-corrected chi connectivity index (χ0v) is 75.6. The molecule has 0 saturated heterocycles. The van der Waals surface area contributed by atoms with E-state index in [4.69, 9.17) is 82.7 Å². The first-order valence-corrected chi connectivity index (χ1v) is 49.0. The highest BCUT2D eigenvalue weighted by molar-refractivity contribution is 7.49. The topological polar surface area (TPSA) is 269 Å². The van der Waals surface area contributed by atoms with E-state index < -0.39 is 152 Å². The molecule has 1 fully saturated rings. The van der Waals surface area contributed by atoms with Gasteiger partial charge >= 0.3 is 43.2 Å². The first-order valence-electron chi connectivity index (χ1n) is 43.2. The number of allylic oxidation sites excluding steroid dienone is 8. The lowest BCUT2D eigenvalue weighted by molar-refractivity contribution is -0.260. The summed E-state index contributed by atoms with van der Waals surface area (Å²) in [7, 11) is -17.4. The van der Waals surface area contributed by atoms with Crippen LogP contribution in [-0.4, -0.2) is 103 Å². The van der Waals surface area contributed by atoms with Crippen molar-refractivity contribution in [1.82, 2.24) is 0 Å². The minimum absolute atomic E-state index is 0.0609. The minimum Gasteiger partial charge on any atom is -0.462 e. The van der Waals surface area contributed by atoms with E-state index in [1.165, 1.54) is 97.7 Å². The highest BCUT2D eigenvalue weighted by atomic mass is 31.2. The smallest absolute Gasteiger partial charge is 0.462 e. The first kappa shape index (κ1) is 103. The summed E-state index contributed by atoms with van der Waals surface area (Å²) in [5, 5.41) is 0. The van der Waals surface area contributed by atoms with Crippen LogP contribution in [0, 0.1) is 0 Å². The lowest BCUT2D eigenvalue weighted by Crippen LogP contribution is -2.67. The van der Waals surface area contributed by atoms with Crippen LogP contribution in [-0.2, 0) is 150 Å². The number of methoxy groups -OCH3 is 2. The average molecular weight is 1770 g/mol. The number of carbonyl (C=O) groups excluding carboxylic acids is 2. The Hall–Kier alpha value is -6.50. The van der Waals surface area contributed by atoms with Gasteiger partial charge in [0.15, 0.2) is 6.10 Å². The Kier molecular flexibility index (Phi) is 52.0. The number of phosphoric acid groups is 4. The van der Waals surface area contributed by atoms with E-state index in [2.05, 4.69) is 50.3 Å². The van der Waals surface area contributed by atoms with E-state index in [9.17, 15) is 9.59 Å². The van der Waals surface area contributed by atoms with Crippen LogP contribution in [0.5, 0.6) is 0 Å². The van der Waals surface area contributed by atoms with Crippen molar-refractivity contribution in [3.63, 3.8) is 0 Å². The van der Waals surface area contributed by atoms with Crippen molar-refractivity contribution in [2.24, 2.45) is 0 Å². The Labute approximate surface area is 725 Å². The molecular weight excluding hydrogens is 1640 g/mol. The van der Waals surface area contributed by atoms with Crippen molar-refractivity contribution < 1.29 is 111 Å². The maximum atomic E-state index is 16.4. The molecule has 8 atom stereocenters. The van der Waals surface area contributed by atoms with Gasteiger partial charge in [-0.3, -0.25) is 63.9 Å². The monoisotopic (exact) mass is 1770 g/mol. The second-order valence-corrected chi connectivity index (χ2v) is 36.2. The van der Waals surface area contributed by atoms with Gasteiger partial charge in [0.1, 0.15) is 56.8 Å². The molecule has 7 rings (SSSR count). The highest BCUT2D eigenvalue weighted by Gasteiger charge is 2.62. The molecule has 0 radical (unpaired) electrons. The Morgan fingerprint density at radius 3 is 0.918 bits per heavy atom. The van der Waals surface area contributed by atoms with E-state index in [1.54, 1.807) is 182 Å². The molecule has 1 aliphatic carbocycles. The summed E-state index contributed by atoms with van der Waals surface area (Å²) in [5.41, 5.74) is 3.08. The number of hydrogen-bond donors (Lipinski definition) is 0. The molecule has 28 heteroatoms. The van der Waals surface area contributed by atoms with Crippen molar-refractivity contribution >= 4 is 43.2 Å². The fourth-order valence-corrected chi connectivity index (χ4v) is 18.2. The molecule has 122 heavy (non-hydrogen) atoms. The van der Waals surface area contributed by atoms with Gasteiger partial charge in [0.25, 0.3) is 0 Å². The number of carbonyl (C=O) groups is 2. The van der Waals surface area contributed by atoms with Crippen molar-refractivity contribution in [3.8, 4) is 0 Å². The van der Waals surface area contributed by atoms with Crippen LogP contribution in [0.3, 0.4) is 0 Å². The fraction of sp³-hybridized carbons (Fsp3) is 0.511. The fourth-order valence-electron chi connectivity index (χ4n) is 13.0. The highest BCUT2D eigenvalue weighted by Crippen LogP contribution is 2.63. The summed E-state index contributed by atoms with van der Waals surface area (Å²) in [4.78, 5) is 27.7. The molecular formula is C94H132O24P4. The second-order valence-electron chi connectivity index (χ2n) is 29.7. The van der Waals surface area contributed by atoms with E-state index in [0.717, 1.165) is 52.1 Å². The molecule has 0 N–H and O–H groups in total. The van der Waals surface area contributed by atoms with Gasteiger partial charge in [0, 0.05) is 34.2 Å². The Bertz CT molecular complexity index is 3780. The lowest BCUT2D eigenvalue weighted by Gasteiger charge is -2.49. The number of esters is 2. The van der Waals surface area contributed by atoms with E-state index >= 15 is 18.3 Å². The van der Waals surface area contributed by atoms with Crippen molar-refractivity contribution in [1.29, 1.82) is 0 Å². The normalized spacial score (nSPS) is 17.4. The van der Waals surface area contributed by atoms with Gasteiger partial charge in [0.05, 0.1) is 46.2 Å². The Morgan fingerprint density at radius 2 is 0.590 bits per heavy atom. The number of phosphoric ester groups is 4. The van der Waals surface area contributed by atoms with Crippen LogP contribution in [0.4, 0.5) is 0 Å². The van der Waals surface area contributed by atoms with Crippen LogP contribution >= 0.6 is 31.3 Å². The molecule has 0 aromatic heterocycles. The molecule has 0 spiro atoms. The lowest BCUT2D eigenvalue weighted by atomic mass is 9.84. The van der Waals surface area contributed by atoms with Crippen LogP contribution in [0.1, 0.15) is 214 Å². The third kappa shape index (κ3) is 42.7. The van der Waals surface area contributed by atoms with Gasteiger partial charge in [-0.15, -0.1) is 0 Å². The van der Waals surface area contributed by atoms with Gasteiger partial charge in [-0.05, 0) is 84.7 Å². The molecule has 1 saturated carbocycles. The van der Waals surface area contributed by atoms with Gasteiger partial charge < -0.3 is 28.4 Å². The molecule has 0 amide bonds. The summed E-state index contributed by atoms with van der Waals surface area (Å²) in [6, 6.07) is 52.2. The van der Waals surface area contributed by atoms with E-state index in [1.807, 2.05) is 12.2 Å². The first-order chi connectivity index (χ1) is 59.6. The van der Waals surface area contributed by atoms with Crippen molar-refractivity contribution in [2.45, 2.75) is 263 Å². The van der Waals surface area contributed by atoms with Crippen LogP contribution in [0.25, 0.3) is 0 Å². The predicted octanol–water partition coefficient (Wildman–Crippen LogP) is 24.8. The molecule has 0 aliphatic heterocycles. The van der Waals surface area contributed by atoms with Crippen LogP contribution < -0.4 is 0 Å². The standard InChI is InChI=1S/C94H132O24P4/c1-6-8-10-12-14-16-18-20-22-23-25-27-29-31-33-35-55-69-88(96)114-86(76-104-87(95)68-54-34-32-30-28-26-24-21-19-17-15-13-11-9-7-2)77-113-119(97,103-5)115-91-89(105-78-101-3)92(116-120(98,107-70-80-56-42-36-43-57-80)108-71-81-58-44-37-45-59-81)94(118-122(100,111-74-84-64-50-40-51-65-84)112-75-85-66-52-41-53-67-85)93(90(91)106-79-102-4)117-121(99,109-72-82-60-46-38-47-61-82)110-73-83-62-48-39-49-63-83/h14,16,20,22,25,27,31,33,36-53,56-67,86,89-94H,6-13,15,17-19,21,23-24,26,28-30,32,34-35,54-55,68-79H2,1-5H3/b16-14-,22-20-,27-25-,33-31-/t86-,89+,90+,91?,92-,93+,94?,119?/m1/s1. The third-order valence-electron chi connectivity index (χ3n) is 19.7. The van der Waals surface area contributed by atoms with Gasteiger partial charge in [-0.2, -0.15) is 0 Å². The number of unbranched alkanes of at least 4 members (excludes halogenated alkanes) is 18. The maximum Gasteiger partial charge on any atom is 0.475 e. The summed E-state index contributed by atoms with van der Waals surface area (Å²) in [5.74, 6) is -1.24. The van der Waals surface area contributed by atoms with Gasteiger partial charge in [0.2, 0.25) is 0 Å². The quantitative estimate of drug-likeness (QED) is 0.0113. The number of hydrogen-bond acceptors (Lipinski definition) is 24. The summed E-state index contributed by atoms with van der Waals surface area (Å²) in [6.45, 7) is -0.751. The molecule has 1 aliphatic rings. The summed E-state index contributed by atoms with van der Waals surface area (Å²) < 4.78 is 179. The Morgan fingerprint density at radius 1 is 0.311 bits per heavy atom. The van der Waals surface area contributed by atoms with E-state index in [-0.39, 0.29) is 12.8 Å². The van der Waals surface area contributed by atoms with Crippen LogP contribution in [0.15, 0.2) is 231 Å². The zero-order chi connectivity index (χ0) is 86.7. The molecule has 672 valence electrons. The Balaban J connectivity index is 1.27. The zero-order valence-electron chi connectivity index (χ0n) is 72.0. The number of ether oxygens (including phenoxy) is 6. The maximum absolute atomic E-state index is 16.4. The largest absolute Gasteiger partial charge is 0.475 e. The summed E-state index contributed by atoms with van der Waals surface area (Å²) >= 11 is 0.